The minimum absolute atomic E-state index is 0.250. The Balaban J connectivity index is 2.51. The van der Waals surface area contributed by atoms with Crippen molar-refractivity contribution in [1.82, 2.24) is 10.3 Å². The number of nitrogens with one attached hydrogen (secondary N) is 1. The number of nitrogens with zero attached hydrogens (tertiary/aromatic N) is 1. The number of rotatable bonds is 7. The summed E-state index contributed by atoms with van der Waals surface area (Å²) in [6.07, 6.45) is -2.47. The van der Waals surface area contributed by atoms with Crippen LogP contribution in [0.4, 0.5) is 8.78 Å². The highest BCUT2D eigenvalue weighted by Gasteiger charge is 2.06. The fourth-order valence-electron chi connectivity index (χ4n) is 1.48. The monoisotopic (exact) mass is 258 g/mol. The van der Waals surface area contributed by atoms with Crippen LogP contribution in [0.1, 0.15) is 25.1 Å². The number of ether oxygens (including phenoxy) is 1. The van der Waals surface area contributed by atoms with Gasteiger partial charge in [-0.05, 0) is 24.9 Å². The van der Waals surface area contributed by atoms with E-state index in [0.717, 1.165) is 24.3 Å². The van der Waals surface area contributed by atoms with Crippen LogP contribution in [0, 0.1) is 12.8 Å². The number of aryl methyl sites for hydroxylation is 1. The molecular weight excluding hydrogens is 238 g/mol. The number of pyridine rings is 1. The molecule has 1 heterocycles. The third kappa shape index (κ3) is 5.40. The van der Waals surface area contributed by atoms with Gasteiger partial charge in [0.2, 0.25) is 5.88 Å². The lowest BCUT2D eigenvalue weighted by atomic mass is 10.2. The standard InChI is InChI=1S/C13H20F2N2O/c1-9(2)6-16-7-11-4-5-13(17-10(11)3)18-8-12(14)15/h4-5,9,12,16H,6-8H2,1-3H3. The maximum absolute atomic E-state index is 12.0. The number of hydrogen-bond donors (Lipinski definition) is 1. The molecule has 0 aliphatic heterocycles. The zero-order valence-corrected chi connectivity index (χ0v) is 11.0. The first-order valence-corrected chi connectivity index (χ1v) is 6.07. The average molecular weight is 258 g/mol. The molecular formula is C13H20F2N2O. The number of halogens is 2. The third-order valence-electron chi connectivity index (χ3n) is 2.39. The van der Waals surface area contributed by atoms with Gasteiger partial charge in [0.25, 0.3) is 6.43 Å². The van der Waals surface area contributed by atoms with Gasteiger partial charge in [0.1, 0.15) is 0 Å². The Bertz CT molecular complexity index is 370. The first-order chi connectivity index (χ1) is 8.49. The van der Waals surface area contributed by atoms with Gasteiger partial charge in [0.15, 0.2) is 6.61 Å². The summed E-state index contributed by atoms with van der Waals surface area (Å²) in [5.74, 6) is 0.840. The van der Waals surface area contributed by atoms with Crippen LogP contribution in [-0.2, 0) is 6.54 Å². The summed E-state index contributed by atoms with van der Waals surface area (Å²) in [4.78, 5) is 4.15. The Kier molecular flexibility index (Phi) is 5.98. The Morgan fingerprint density at radius 2 is 2.06 bits per heavy atom. The molecule has 5 heteroatoms. The number of aromatic nitrogens is 1. The molecule has 1 aromatic heterocycles. The van der Waals surface area contributed by atoms with E-state index in [-0.39, 0.29) is 5.88 Å². The minimum atomic E-state index is -2.47. The van der Waals surface area contributed by atoms with Crippen molar-refractivity contribution in [3.8, 4) is 5.88 Å². The van der Waals surface area contributed by atoms with Crippen LogP contribution in [-0.4, -0.2) is 24.6 Å². The second kappa shape index (κ2) is 7.26. The quantitative estimate of drug-likeness (QED) is 0.816. The Morgan fingerprint density at radius 3 is 2.61 bits per heavy atom. The molecule has 0 aliphatic rings. The summed E-state index contributed by atoms with van der Waals surface area (Å²) in [5, 5.41) is 3.31. The van der Waals surface area contributed by atoms with Crippen molar-refractivity contribution in [3.63, 3.8) is 0 Å². The lowest BCUT2D eigenvalue weighted by Gasteiger charge is -2.11. The highest BCUT2D eigenvalue weighted by Crippen LogP contribution is 2.13. The summed E-state index contributed by atoms with van der Waals surface area (Å²) in [7, 11) is 0. The van der Waals surface area contributed by atoms with E-state index in [1.807, 2.05) is 13.0 Å². The van der Waals surface area contributed by atoms with Crippen LogP contribution >= 0.6 is 0 Å². The maximum atomic E-state index is 12.0. The van der Waals surface area contributed by atoms with Crippen LogP contribution in [0.3, 0.4) is 0 Å². The highest BCUT2D eigenvalue weighted by molar-refractivity contribution is 5.24. The molecule has 0 saturated heterocycles. The van der Waals surface area contributed by atoms with Gasteiger partial charge in [-0.2, -0.15) is 0 Å². The summed E-state index contributed by atoms with van der Waals surface area (Å²) in [5.41, 5.74) is 1.86. The highest BCUT2D eigenvalue weighted by atomic mass is 19.3. The fraction of sp³-hybridized carbons (Fsp3) is 0.615. The average Bonchev–Trinajstić information content (AvgIpc) is 2.28. The smallest absolute Gasteiger partial charge is 0.272 e. The predicted octanol–water partition coefficient (Wildman–Crippen LogP) is 2.78. The number of alkyl halides is 2. The SMILES string of the molecule is Cc1nc(OCC(F)F)ccc1CNCC(C)C. The topological polar surface area (TPSA) is 34.1 Å². The van der Waals surface area contributed by atoms with E-state index in [1.54, 1.807) is 6.07 Å². The molecule has 0 fully saturated rings. The van der Waals surface area contributed by atoms with Gasteiger partial charge < -0.3 is 10.1 Å². The van der Waals surface area contributed by atoms with Gasteiger partial charge in [-0.3, -0.25) is 0 Å². The maximum Gasteiger partial charge on any atom is 0.272 e. The van der Waals surface area contributed by atoms with E-state index < -0.39 is 13.0 Å². The van der Waals surface area contributed by atoms with Crippen molar-refractivity contribution in [2.24, 2.45) is 5.92 Å². The van der Waals surface area contributed by atoms with Crippen LogP contribution in [0.5, 0.6) is 5.88 Å². The Labute approximate surface area is 107 Å². The Morgan fingerprint density at radius 1 is 1.33 bits per heavy atom. The molecule has 0 amide bonds. The van der Waals surface area contributed by atoms with E-state index in [9.17, 15) is 8.78 Å². The largest absolute Gasteiger partial charge is 0.472 e. The molecule has 18 heavy (non-hydrogen) atoms. The molecule has 0 bridgehead atoms. The predicted molar refractivity (Wildman–Crippen MR) is 67.0 cm³/mol. The van der Waals surface area contributed by atoms with Crippen LogP contribution in [0.2, 0.25) is 0 Å². The van der Waals surface area contributed by atoms with Crippen molar-refractivity contribution in [2.75, 3.05) is 13.2 Å². The molecule has 0 spiro atoms. The van der Waals surface area contributed by atoms with E-state index in [4.69, 9.17) is 4.74 Å². The molecule has 0 atom stereocenters. The molecule has 0 aliphatic carbocycles. The third-order valence-corrected chi connectivity index (χ3v) is 2.39. The lowest BCUT2D eigenvalue weighted by Crippen LogP contribution is -2.19. The van der Waals surface area contributed by atoms with E-state index >= 15 is 0 Å². The first kappa shape index (κ1) is 14.8. The van der Waals surface area contributed by atoms with Crippen molar-refractivity contribution < 1.29 is 13.5 Å². The fourth-order valence-corrected chi connectivity index (χ4v) is 1.48. The first-order valence-electron chi connectivity index (χ1n) is 6.07. The van der Waals surface area contributed by atoms with Gasteiger partial charge in [-0.25, -0.2) is 13.8 Å². The molecule has 1 N–H and O–H groups in total. The molecule has 0 saturated carbocycles. The molecule has 0 aromatic carbocycles. The van der Waals surface area contributed by atoms with Crippen LogP contribution < -0.4 is 10.1 Å². The molecule has 3 nitrogen and oxygen atoms in total. The molecule has 1 aromatic rings. The summed E-state index contributed by atoms with van der Waals surface area (Å²) < 4.78 is 28.8. The second-order valence-corrected chi connectivity index (χ2v) is 4.62. The van der Waals surface area contributed by atoms with Crippen LogP contribution in [0.25, 0.3) is 0 Å². The van der Waals surface area contributed by atoms with E-state index in [2.05, 4.69) is 24.1 Å². The van der Waals surface area contributed by atoms with Gasteiger partial charge >= 0.3 is 0 Å². The molecule has 1 rings (SSSR count). The zero-order valence-electron chi connectivity index (χ0n) is 11.0. The van der Waals surface area contributed by atoms with Crippen molar-refractivity contribution >= 4 is 0 Å². The van der Waals surface area contributed by atoms with E-state index in [1.165, 1.54) is 0 Å². The normalized spacial score (nSPS) is 11.3. The van der Waals surface area contributed by atoms with E-state index in [0.29, 0.717) is 5.92 Å². The molecule has 0 radical (unpaired) electrons. The minimum Gasteiger partial charge on any atom is -0.472 e. The van der Waals surface area contributed by atoms with Gasteiger partial charge in [-0.1, -0.05) is 19.9 Å². The van der Waals surface area contributed by atoms with Crippen molar-refractivity contribution in [2.45, 2.75) is 33.7 Å². The van der Waals surface area contributed by atoms with Gasteiger partial charge in [-0.15, -0.1) is 0 Å². The summed E-state index contributed by atoms with van der Waals surface area (Å²) in [6.45, 7) is 7.17. The van der Waals surface area contributed by atoms with Gasteiger partial charge in [0.05, 0.1) is 0 Å². The lowest BCUT2D eigenvalue weighted by molar-refractivity contribution is 0.0795. The van der Waals surface area contributed by atoms with Crippen molar-refractivity contribution in [1.29, 1.82) is 0 Å². The second-order valence-electron chi connectivity index (χ2n) is 4.62. The van der Waals surface area contributed by atoms with Gasteiger partial charge in [0, 0.05) is 18.3 Å². The van der Waals surface area contributed by atoms with Crippen LogP contribution in [0.15, 0.2) is 12.1 Å². The Hall–Kier alpha value is -1.23. The summed E-state index contributed by atoms with van der Waals surface area (Å²) >= 11 is 0. The zero-order chi connectivity index (χ0) is 13.5. The molecule has 0 unspecified atom stereocenters. The summed E-state index contributed by atoms with van der Waals surface area (Å²) in [6, 6.07) is 3.48. The number of hydrogen-bond acceptors (Lipinski definition) is 3. The van der Waals surface area contributed by atoms with Crippen molar-refractivity contribution in [3.05, 3.63) is 23.4 Å². The molecule has 102 valence electrons.